The van der Waals surface area contributed by atoms with Gasteiger partial charge in [0.05, 0.1) is 0 Å². The zero-order chi connectivity index (χ0) is 9.61. The van der Waals surface area contributed by atoms with Crippen molar-refractivity contribution in [3.63, 3.8) is 0 Å². The Balaban J connectivity index is 3.93. The Hall–Kier alpha value is -0.880. The molecule has 0 aliphatic rings. The topological polar surface area (TPSA) is 89.3 Å². The zero-order valence-electron chi connectivity index (χ0n) is 6.62. The summed E-state index contributed by atoms with van der Waals surface area (Å²) in [6.45, 7) is 3.40. The molecule has 0 radical (unpaired) electrons. The standard InChI is InChI=1S/C6H12N2O3S/c1-2-12(10,11)8-6(9)4-3-5-7/h2H,1,3-5,7H2,(H,8,9). The van der Waals surface area contributed by atoms with Crippen LogP contribution in [0.3, 0.4) is 0 Å². The molecule has 12 heavy (non-hydrogen) atoms. The van der Waals surface area contributed by atoms with Crippen molar-refractivity contribution < 1.29 is 13.2 Å². The summed E-state index contributed by atoms with van der Waals surface area (Å²) in [7, 11) is -3.63. The average Bonchev–Trinajstić information content (AvgIpc) is 2.00. The maximum absolute atomic E-state index is 10.8. The fourth-order valence-electron chi connectivity index (χ4n) is 0.514. The first-order chi connectivity index (χ1) is 5.52. The van der Waals surface area contributed by atoms with Crippen LogP contribution in [0.1, 0.15) is 12.8 Å². The predicted molar refractivity (Wildman–Crippen MR) is 45.5 cm³/mol. The molecule has 0 spiro atoms. The van der Waals surface area contributed by atoms with E-state index in [2.05, 4.69) is 6.58 Å². The van der Waals surface area contributed by atoms with Crippen LogP contribution in [0, 0.1) is 0 Å². The van der Waals surface area contributed by atoms with Crippen LogP contribution in [0.15, 0.2) is 12.0 Å². The van der Waals surface area contributed by atoms with Crippen LogP contribution in [-0.2, 0) is 14.8 Å². The number of hydrogen-bond acceptors (Lipinski definition) is 4. The Labute approximate surface area is 71.7 Å². The van der Waals surface area contributed by atoms with Crippen molar-refractivity contribution in [2.45, 2.75) is 12.8 Å². The van der Waals surface area contributed by atoms with E-state index in [4.69, 9.17) is 5.73 Å². The van der Waals surface area contributed by atoms with Gasteiger partial charge in [-0.1, -0.05) is 6.58 Å². The monoisotopic (exact) mass is 192 g/mol. The molecule has 0 bridgehead atoms. The molecule has 0 heterocycles. The maximum Gasteiger partial charge on any atom is 0.256 e. The molecular weight excluding hydrogens is 180 g/mol. The molecule has 3 N–H and O–H groups in total. The Kier molecular flexibility index (Phi) is 4.53. The largest absolute Gasteiger partial charge is 0.330 e. The Morgan fingerprint density at radius 2 is 2.17 bits per heavy atom. The first-order valence-electron chi connectivity index (χ1n) is 3.40. The normalized spacial score (nSPS) is 10.8. The first kappa shape index (κ1) is 11.1. The van der Waals surface area contributed by atoms with Crippen LogP contribution in [0.4, 0.5) is 0 Å². The van der Waals surface area contributed by atoms with Crippen molar-refractivity contribution in [3.05, 3.63) is 12.0 Å². The minimum Gasteiger partial charge on any atom is -0.330 e. The number of sulfonamides is 1. The molecule has 0 aliphatic carbocycles. The van der Waals surface area contributed by atoms with Crippen molar-refractivity contribution >= 4 is 15.9 Å². The van der Waals surface area contributed by atoms with Crippen LogP contribution < -0.4 is 10.5 Å². The average molecular weight is 192 g/mol. The smallest absolute Gasteiger partial charge is 0.256 e. The lowest BCUT2D eigenvalue weighted by Gasteiger charge is -2.00. The van der Waals surface area contributed by atoms with E-state index in [0.29, 0.717) is 18.4 Å². The highest BCUT2D eigenvalue weighted by Gasteiger charge is 2.08. The van der Waals surface area contributed by atoms with Gasteiger partial charge in [-0.3, -0.25) is 4.79 Å². The van der Waals surface area contributed by atoms with Gasteiger partial charge in [0.25, 0.3) is 10.0 Å². The molecule has 70 valence electrons. The van der Waals surface area contributed by atoms with Crippen LogP contribution >= 0.6 is 0 Å². The Morgan fingerprint density at radius 1 is 1.58 bits per heavy atom. The minimum absolute atomic E-state index is 0.115. The predicted octanol–water partition coefficient (Wildman–Crippen LogP) is -0.685. The summed E-state index contributed by atoms with van der Waals surface area (Å²) in [6.07, 6.45) is 0.585. The molecule has 0 fully saturated rings. The van der Waals surface area contributed by atoms with Gasteiger partial charge < -0.3 is 5.73 Å². The number of hydrogen-bond donors (Lipinski definition) is 2. The van der Waals surface area contributed by atoms with E-state index in [0.717, 1.165) is 0 Å². The van der Waals surface area contributed by atoms with Gasteiger partial charge >= 0.3 is 0 Å². The molecule has 0 aromatic carbocycles. The maximum atomic E-state index is 10.8. The van der Waals surface area contributed by atoms with Crippen molar-refractivity contribution in [2.75, 3.05) is 6.54 Å². The highest BCUT2D eigenvalue weighted by molar-refractivity contribution is 7.92. The molecule has 0 aliphatic heterocycles. The van der Waals surface area contributed by atoms with E-state index in [1.807, 2.05) is 0 Å². The second-order valence-corrected chi connectivity index (χ2v) is 3.76. The van der Waals surface area contributed by atoms with Crippen molar-refractivity contribution in [3.8, 4) is 0 Å². The summed E-state index contributed by atoms with van der Waals surface area (Å²) in [5, 5.41) is 0.688. The van der Waals surface area contributed by atoms with Crippen molar-refractivity contribution in [2.24, 2.45) is 5.73 Å². The molecule has 0 aromatic heterocycles. The van der Waals surface area contributed by atoms with Gasteiger partial charge in [-0.05, 0) is 13.0 Å². The quantitative estimate of drug-likeness (QED) is 0.603. The number of amides is 1. The lowest BCUT2D eigenvalue weighted by Crippen LogP contribution is -2.28. The zero-order valence-corrected chi connectivity index (χ0v) is 7.43. The van der Waals surface area contributed by atoms with E-state index in [9.17, 15) is 13.2 Å². The van der Waals surface area contributed by atoms with E-state index in [1.54, 1.807) is 4.72 Å². The van der Waals surface area contributed by atoms with Crippen LogP contribution in [0.2, 0.25) is 0 Å². The molecule has 1 amide bonds. The minimum atomic E-state index is -3.63. The number of carbonyl (C=O) groups excluding carboxylic acids is 1. The summed E-state index contributed by atoms with van der Waals surface area (Å²) in [4.78, 5) is 10.8. The van der Waals surface area contributed by atoms with Gasteiger partial charge in [0.15, 0.2) is 0 Å². The molecule has 0 saturated heterocycles. The van der Waals surface area contributed by atoms with E-state index in [-0.39, 0.29) is 6.42 Å². The molecule has 5 nitrogen and oxygen atoms in total. The lowest BCUT2D eigenvalue weighted by atomic mass is 10.3. The lowest BCUT2D eigenvalue weighted by molar-refractivity contribution is -0.119. The Bertz CT molecular complexity index is 258. The van der Waals surface area contributed by atoms with Gasteiger partial charge in [0.2, 0.25) is 5.91 Å². The van der Waals surface area contributed by atoms with Crippen LogP contribution in [-0.4, -0.2) is 20.9 Å². The number of nitrogens with one attached hydrogen (secondary N) is 1. The molecule has 0 rings (SSSR count). The molecule has 6 heteroatoms. The van der Waals surface area contributed by atoms with E-state index >= 15 is 0 Å². The fraction of sp³-hybridized carbons (Fsp3) is 0.500. The highest BCUT2D eigenvalue weighted by Crippen LogP contribution is 1.89. The van der Waals surface area contributed by atoms with Crippen LogP contribution in [0.25, 0.3) is 0 Å². The third kappa shape index (κ3) is 4.86. The van der Waals surface area contributed by atoms with Crippen molar-refractivity contribution in [1.82, 2.24) is 4.72 Å². The van der Waals surface area contributed by atoms with Gasteiger partial charge in [0.1, 0.15) is 0 Å². The first-order valence-corrected chi connectivity index (χ1v) is 4.94. The molecule has 0 saturated carbocycles. The van der Waals surface area contributed by atoms with Gasteiger partial charge in [-0.15, -0.1) is 0 Å². The number of nitrogens with two attached hydrogens (primary N) is 1. The molecule has 0 atom stereocenters. The summed E-state index contributed by atoms with van der Waals surface area (Å²) in [6, 6.07) is 0. The van der Waals surface area contributed by atoms with Gasteiger partial charge in [0, 0.05) is 11.8 Å². The molecule has 0 aromatic rings. The van der Waals surface area contributed by atoms with E-state index < -0.39 is 15.9 Å². The summed E-state index contributed by atoms with van der Waals surface area (Å²) < 4.78 is 23.2. The summed E-state index contributed by atoms with van der Waals surface area (Å²) in [5.74, 6) is -0.555. The van der Waals surface area contributed by atoms with Crippen molar-refractivity contribution in [1.29, 1.82) is 0 Å². The van der Waals surface area contributed by atoms with Gasteiger partial charge in [-0.25, -0.2) is 13.1 Å². The molecular formula is C6H12N2O3S. The van der Waals surface area contributed by atoms with Crippen LogP contribution in [0.5, 0.6) is 0 Å². The summed E-state index contributed by atoms with van der Waals surface area (Å²) in [5.41, 5.74) is 5.12. The van der Waals surface area contributed by atoms with E-state index in [1.165, 1.54) is 0 Å². The van der Waals surface area contributed by atoms with Gasteiger partial charge in [-0.2, -0.15) is 0 Å². The number of rotatable bonds is 5. The second-order valence-electron chi connectivity index (χ2n) is 2.13. The highest BCUT2D eigenvalue weighted by atomic mass is 32.2. The third-order valence-corrected chi connectivity index (χ3v) is 2.03. The SMILES string of the molecule is C=CS(=O)(=O)NC(=O)CCCN. The number of carbonyl (C=O) groups is 1. The molecule has 0 unspecified atom stereocenters. The Morgan fingerprint density at radius 3 is 2.58 bits per heavy atom. The third-order valence-electron chi connectivity index (χ3n) is 1.08. The summed E-state index contributed by atoms with van der Waals surface area (Å²) >= 11 is 0. The fourth-order valence-corrected chi connectivity index (χ4v) is 1.02. The second kappa shape index (κ2) is 4.89.